The smallest absolute Gasteiger partial charge is 0.256 e. The van der Waals surface area contributed by atoms with Gasteiger partial charge in [-0.05, 0) is 49.4 Å². The Morgan fingerprint density at radius 3 is 2.53 bits per heavy atom. The molecule has 1 atom stereocenters. The third kappa shape index (κ3) is 5.89. The summed E-state index contributed by atoms with van der Waals surface area (Å²) >= 11 is 0. The number of amides is 2. The molecule has 1 unspecified atom stereocenters. The molecule has 1 aromatic heterocycles. The van der Waals surface area contributed by atoms with Crippen LogP contribution in [0.15, 0.2) is 23.1 Å². The van der Waals surface area contributed by atoms with Crippen molar-refractivity contribution >= 4 is 35.5 Å². The number of hydrogen-bond donors (Lipinski definition) is 1. The molecule has 2 heterocycles. The van der Waals surface area contributed by atoms with Crippen molar-refractivity contribution in [3.8, 4) is 11.3 Å². The van der Waals surface area contributed by atoms with Gasteiger partial charge in [0, 0.05) is 52.1 Å². The van der Waals surface area contributed by atoms with Crippen LogP contribution in [0.1, 0.15) is 42.6 Å². The SMILES string of the molecule is CC(=O)Nc1cc(-c2cc3c(c(S(C)(=O)=O)c2)C(=O)N(C(C)C2CC2)C3)n(COCC[Si](C)(C)C)n1. The minimum atomic E-state index is -3.68. The predicted molar refractivity (Wildman–Crippen MR) is 141 cm³/mol. The highest BCUT2D eigenvalue weighted by Gasteiger charge is 2.41. The van der Waals surface area contributed by atoms with Crippen LogP contribution in [0.4, 0.5) is 5.82 Å². The topological polar surface area (TPSA) is 111 Å². The van der Waals surface area contributed by atoms with Crippen molar-refractivity contribution in [3.63, 3.8) is 0 Å². The molecule has 2 aromatic rings. The van der Waals surface area contributed by atoms with Gasteiger partial charge in [-0.1, -0.05) is 19.6 Å². The summed E-state index contributed by atoms with van der Waals surface area (Å²) in [6.07, 6.45) is 3.31. The summed E-state index contributed by atoms with van der Waals surface area (Å²) in [6.45, 7) is 11.4. The fourth-order valence-corrected chi connectivity index (χ4v) is 6.25. The number of benzene rings is 1. The van der Waals surface area contributed by atoms with Crippen molar-refractivity contribution in [1.29, 1.82) is 0 Å². The summed E-state index contributed by atoms with van der Waals surface area (Å²) in [6, 6.07) is 6.19. The number of carbonyl (C=O) groups excluding carboxylic acids is 2. The molecule has 9 nitrogen and oxygen atoms in total. The first-order chi connectivity index (χ1) is 16.7. The largest absolute Gasteiger partial charge is 0.360 e. The maximum atomic E-state index is 13.3. The number of nitrogens with one attached hydrogen (secondary N) is 1. The van der Waals surface area contributed by atoms with E-state index in [4.69, 9.17) is 4.74 Å². The van der Waals surface area contributed by atoms with Crippen molar-refractivity contribution < 1.29 is 22.7 Å². The van der Waals surface area contributed by atoms with E-state index in [-0.39, 0.29) is 35.0 Å². The average molecular weight is 533 g/mol. The minimum absolute atomic E-state index is 0.0268. The molecule has 1 N–H and O–H groups in total. The van der Waals surface area contributed by atoms with Crippen LogP contribution in [0.2, 0.25) is 25.7 Å². The number of anilines is 1. The number of ether oxygens (including phenoxy) is 1. The van der Waals surface area contributed by atoms with E-state index in [1.54, 1.807) is 21.7 Å². The fraction of sp³-hybridized carbons (Fsp3) is 0.560. The van der Waals surface area contributed by atoms with Crippen LogP contribution in [0, 0.1) is 5.92 Å². The van der Waals surface area contributed by atoms with Gasteiger partial charge in [0.1, 0.15) is 6.73 Å². The van der Waals surface area contributed by atoms with Crippen LogP contribution in [0.3, 0.4) is 0 Å². The summed E-state index contributed by atoms with van der Waals surface area (Å²) in [5.74, 6) is 0.345. The Bertz CT molecular complexity index is 1290. The van der Waals surface area contributed by atoms with E-state index in [9.17, 15) is 18.0 Å². The van der Waals surface area contributed by atoms with Gasteiger partial charge in [-0.3, -0.25) is 9.59 Å². The Morgan fingerprint density at radius 1 is 1.25 bits per heavy atom. The van der Waals surface area contributed by atoms with E-state index >= 15 is 0 Å². The van der Waals surface area contributed by atoms with Gasteiger partial charge in [-0.2, -0.15) is 5.10 Å². The summed E-state index contributed by atoms with van der Waals surface area (Å²) < 4.78 is 33.2. The van der Waals surface area contributed by atoms with E-state index in [0.717, 1.165) is 25.1 Å². The summed E-state index contributed by atoms with van der Waals surface area (Å²) in [7, 11) is -4.95. The second kappa shape index (κ2) is 9.75. The predicted octanol–water partition coefficient (Wildman–Crippen LogP) is 3.98. The van der Waals surface area contributed by atoms with E-state index in [0.29, 0.717) is 41.7 Å². The molecule has 1 aliphatic heterocycles. The number of hydrogen-bond acceptors (Lipinski definition) is 6. The molecule has 2 amide bonds. The van der Waals surface area contributed by atoms with Crippen molar-refractivity contribution in [1.82, 2.24) is 14.7 Å². The molecule has 0 saturated heterocycles. The number of fused-ring (bicyclic) bond motifs is 1. The summed E-state index contributed by atoms with van der Waals surface area (Å²) in [5, 5.41) is 7.18. The molecule has 196 valence electrons. The first-order valence-electron chi connectivity index (χ1n) is 12.4. The van der Waals surface area contributed by atoms with E-state index in [1.165, 1.54) is 6.92 Å². The first-order valence-corrected chi connectivity index (χ1v) is 18.0. The monoisotopic (exact) mass is 532 g/mol. The van der Waals surface area contributed by atoms with Crippen molar-refractivity contribution in [3.05, 3.63) is 29.3 Å². The highest BCUT2D eigenvalue weighted by Crippen LogP contribution is 2.41. The van der Waals surface area contributed by atoms with Gasteiger partial charge in [0.05, 0.1) is 16.2 Å². The Labute approximate surface area is 214 Å². The van der Waals surface area contributed by atoms with E-state index in [2.05, 4.69) is 30.1 Å². The number of rotatable bonds is 10. The van der Waals surface area contributed by atoms with Crippen LogP contribution in [-0.2, 0) is 32.6 Å². The Kier molecular flexibility index (Phi) is 7.19. The molecule has 1 aliphatic carbocycles. The maximum absolute atomic E-state index is 13.3. The van der Waals surface area contributed by atoms with Gasteiger partial charge in [-0.15, -0.1) is 0 Å². The fourth-order valence-electron chi connectivity index (χ4n) is 4.56. The molecule has 0 spiro atoms. The Balaban J connectivity index is 1.73. The molecular weight excluding hydrogens is 496 g/mol. The lowest BCUT2D eigenvalue weighted by Gasteiger charge is -2.24. The van der Waals surface area contributed by atoms with Crippen LogP contribution >= 0.6 is 0 Å². The Morgan fingerprint density at radius 2 is 1.94 bits per heavy atom. The first kappa shape index (κ1) is 26.6. The Hall–Kier alpha value is -2.50. The van der Waals surface area contributed by atoms with Crippen LogP contribution < -0.4 is 5.32 Å². The van der Waals surface area contributed by atoms with Crippen LogP contribution in [0.25, 0.3) is 11.3 Å². The molecule has 36 heavy (non-hydrogen) atoms. The standard InChI is InChI=1S/C25H36N4O5SSi/c1-16(18-7-8-18)28-14-20-11-19(12-22(35(3,32)33)24(20)25(28)31)21-13-23(26-17(2)30)27-29(21)15-34-9-10-36(4,5)6/h11-13,16,18H,7-10,14-15H2,1-6H3,(H,26,27,30). The third-order valence-corrected chi connectivity index (χ3v) is 9.61. The third-order valence-electron chi connectivity index (χ3n) is 6.78. The maximum Gasteiger partial charge on any atom is 0.256 e. The lowest BCUT2D eigenvalue weighted by atomic mass is 10.0. The molecule has 2 aliphatic rings. The zero-order chi connectivity index (χ0) is 26.4. The van der Waals surface area contributed by atoms with Gasteiger partial charge >= 0.3 is 0 Å². The number of carbonyl (C=O) groups is 2. The summed E-state index contributed by atoms with van der Waals surface area (Å²) in [5.41, 5.74) is 2.19. The molecule has 0 radical (unpaired) electrons. The van der Waals surface area contributed by atoms with Gasteiger partial charge in [0.15, 0.2) is 15.7 Å². The van der Waals surface area contributed by atoms with Gasteiger partial charge < -0.3 is 15.0 Å². The van der Waals surface area contributed by atoms with Crippen molar-refractivity contribution in [2.75, 3.05) is 18.2 Å². The highest BCUT2D eigenvalue weighted by molar-refractivity contribution is 7.90. The molecular formula is C25H36N4O5SSi. The zero-order valence-corrected chi connectivity index (χ0v) is 23.7. The minimum Gasteiger partial charge on any atom is -0.360 e. The van der Waals surface area contributed by atoms with Crippen LogP contribution in [-0.4, -0.2) is 61.9 Å². The lowest BCUT2D eigenvalue weighted by molar-refractivity contribution is -0.114. The number of sulfone groups is 1. The molecule has 11 heteroatoms. The highest BCUT2D eigenvalue weighted by atomic mass is 32.2. The van der Waals surface area contributed by atoms with Gasteiger partial charge in [-0.25, -0.2) is 13.1 Å². The second-order valence-corrected chi connectivity index (χ2v) is 18.8. The van der Waals surface area contributed by atoms with E-state index in [1.807, 2.05) is 13.0 Å². The molecule has 1 aromatic carbocycles. The van der Waals surface area contributed by atoms with Crippen LogP contribution in [0.5, 0.6) is 0 Å². The molecule has 1 saturated carbocycles. The average Bonchev–Trinajstić information content (AvgIpc) is 3.45. The van der Waals surface area contributed by atoms with Crippen molar-refractivity contribution in [2.24, 2.45) is 5.92 Å². The quantitative estimate of drug-likeness (QED) is 0.366. The normalized spacial score (nSPS) is 16.8. The molecule has 1 fully saturated rings. The zero-order valence-electron chi connectivity index (χ0n) is 21.9. The van der Waals surface area contributed by atoms with Gasteiger partial charge in [0.25, 0.3) is 5.91 Å². The lowest BCUT2D eigenvalue weighted by Crippen LogP contribution is -2.35. The second-order valence-electron chi connectivity index (χ2n) is 11.2. The molecule has 0 bridgehead atoms. The number of aromatic nitrogens is 2. The molecule has 4 rings (SSSR count). The number of nitrogens with zero attached hydrogens (tertiary/aromatic N) is 3. The van der Waals surface area contributed by atoms with Crippen molar-refractivity contribution in [2.45, 2.75) is 76.6 Å². The van der Waals surface area contributed by atoms with Gasteiger partial charge in [0.2, 0.25) is 5.91 Å². The van der Waals surface area contributed by atoms with E-state index < -0.39 is 17.9 Å². The summed E-state index contributed by atoms with van der Waals surface area (Å²) in [4.78, 5) is 26.8.